The summed E-state index contributed by atoms with van der Waals surface area (Å²) in [5, 5.41) is 0. The van der Waals surface area contributed by atoms with Crippen molar-refractivity contribution in [2.24, 2.45) is 0 Å². The van der Waals surface area contributed by atoms with Crippen LogP contribution < -0.4 is 0 Å². The number of methoxy groups -OCH3 is 1. The minimum absolute atomic E-state index is 0.0694. The van der Waals surface area contributed by atoms with Gasteiger partial charge >= 0.3 is 0 Å². The Balaban J connectivity index is 3.18. The van der Waals surface area contributed by atoms with E-state index in [1.54, 1.807) is 19.1 Å². The molecule has 0 aliphatic rings. The average molecular weight is 313 g/mol. The van der Waals surface area contributed by atoms with Crippen molar-refractivity contribution in [2.45, 2.75) is 38.1 Å². The van der Waals surface area contributed by atoms with Gasteiger partial charge in [0.25, 0.3) is 0 Å². The monoisotopic (exact) mass is 313 g/mol. The molecule has 0 spiro atoms. The second kappa shape index (κ2) is 7.68. The number of rotatable bonds is 8. The molecule has 0 saturated heterocycles. The first-order valence-electron chi connectivity index (χ1n) is 6.98. The maximum absolute atomic E-state index is 12.7. The highest BCUT2D eigenvalue weighted by Crippen LogP contribution is 2.20. The zero-order valence-corrected chi connectivity index (χ0v) is 13.8. The summed E-state index contributed by atoms with van der Waals surface area (Å²) in [6.45, 7) is 5.98. The zero-order valence-electron chi connectivity index (χ0n) is 13.0. The Kier molecular flexibility index (Phi) is 6.51. The van der Waals surface area contributed by atoms with Gasteiger partial charge in [0.15, 0.2) is 5.78 Å². The van der Waals surface area contributed by atoms with Crippen molar-refractivity contribution in [1.82, 2.24) is 4.31 Å². The number of benzene rings is 1. The van der Waals surface area contributed by atoms with Crippen LogP contribution in [0.3, 0.4) is 0 Å². The molecule has 0 atom stereocenters. The molecule has 0 amide bonds. The van der Waals surface area contributed by atoms with Crippen LogP contribution in [0, 0.1) is 0 Å². The number of carbonyl (C=O) groups excluding carboxylic acids is 1. The molecular formula is C15H23NO4S. The normalized spacial score (nSPS) is 12.1. The zero-order chi connectivity index (χ0) is 16.0. The van der Waals surface area contributed by atoms with E-state index >= 15 is 0 Å². The second-order valence-corrected chi connectivity index (χ2v) is 6.90. The molecular weight excluding hydrogens is 290 g/mol. The van der Waals surface area contributed by atoms with E-state index in [1.807, 2.05) is 13.8 Å². The van der Waals surface area contributed by atoms with Crippen molar-refractivity contribution >= 4 is 15.8 Å². The molecule has 0 fully saturated rings. The highest BCUT2D eigenvalue weighted by atomic mass is 32.2. The van der Waals surface area contributed by atoms with Crippen LogP contribution in [0.4, 0.5) is 0 Å². The molecule has 1 aromatic rings. The van der Waals surface area contributed by atoms with Crippen LogP contribution in [0.15, 0.2) is 29.2 Å². The molecule has 0 aliphatic heterocycles. The largest absolute Gasteiger partial charge is 0.383 e. The van der Waals surface area contributed by atoms with E-state index in [-0.39, 0.29) is 23.3 Å². The van der Waals surface area contributed by atoms with E-state index in [0.29, 0.717) is 18.6 Å². The summed E-state index contributed by atoms with van der Waals surface area (Å²) < 4.78 is 31.8. The van der Waals surface area contributed by atoms with Crippen LogP contribution in [0.5, 0.6) is 0 Å². The van der Waals surface area contributed by atoms with Crippen LogP contribution in [-0.2, 0) is 14.8 Å². The quantitative estimate of drug-likeness (QED) is 0.691. The van der Waals surface area contributed by atoms with Gasteiger partial charge in [-0.3, -0.25) is 4.79 Å². The molecule has 0 aliphatic carbocycles. The minimum Gasteiger partial charge on any atom is -0.383 e. The first kappa shape index (κ1) is 17.8. The topological polar surface area (TPSA) is 63.7 Å². The van der Waals surface area contributed by atoms with Crippen LogP contribution in [-0.4, -0.2) is 44.8 Å². The lowest BCUT2D eigenvalue weighted by molar-refractivity contribution is 0.0988. The molecule has 0 unspecified atom stereocenters. The Labute approximate surface area is 127 Å². The second-order valence-electron chi connectivity index (χ2n) is 5.01. The van der Waals surface area contributed by atoms with Crippen molar-refractivity contribution in [2.75, 3.05) is 20.3 Å². The summed E-state index contributed by atoms with van der Waals surface area (Å²) >= 11 is 0. The first-order valence-corrected chi connectivity index (χ1v) is 8.42. The minimum atomic E-state index is -3.64. The molecule has 0 aromatic heterocycles. The first-order chi connectivity index (χ1) is 9.84. The average Bonchev–Trinajstić information content (AvgIpc) is 2.46. The molecule has 0 radical (unpaired) electrons. The van der Waals surface area contributed by atoms with E-state index < -0.39 is 10.0 Å². The highest BCUT2D eigenvalue weighted by molar-refractivity contribution is 7.89. The third kappa shape index (κ3) is 4.36. The lowest BCUT2D eigenvalue weighted by atomic mass is 10.1. The number of hydrogen-bond donors (Lipinski definition) is 0. The van der Waals surface area contributed by atoms with E-state index in [0.717, 1.165) is 0 Å². The number of ether oxygens (including phenoxy) is 1. The van der Waals surface area contributed by atoms with Gasteiger partial charge in [-0.15, -0.1) is 0 Å². The van der Waals surface area contributed by atoms with E-state index in [2.05, 4.69) is 0 Å². The summed E-state index contributed by atoms with van der Waals surface area (Å²) in [7, 11) is -2.10. The Morgan fingerprint density at radius 1 is 1.33 bits per heavy atom. The molecule has 0 heterocycles. The third-order valence-electron chi connectivity index (χ3n) is 3.18. The van der Waals surface area contributed by atoms with Crippen molar-refractivity contribution in [3.8, 4) is 0 Å². The molecule has 0 bridgehead atoms. The molecule has 118 valence electrons. The SMILES string of the molecule is CCC(=O)c1cccc(S(=O)(=O)N(CCOC)C(C)C)c1. The van der Waals surface area contributed by atoms with Crippen molar-refractivity contribution in [1.29, 1.82) is 0 Å². The van der Waals surface area contributed by atoms with Crippen LogP contribution in [0.25, 0.3) is 0 Å². The fourth-order valence-corrected chi connectivity index (χ4v) is 3.67. The molecule has 1 rings (SSSR count). The number of nitrogens with zero attached hydrogens (tertiary/aromatic N) is 1. The third-order valence-corrected chi connectivity index (χ3v) is 5.25. The van der Waals surface area contributed by atoms with Gasteiger partial charge in [-0.2, -0.15) is 4.31 Å². The summed E-state index contributed by atoms with van der Waals surface area (Å²) in [5.74, 6) is -0.0694. The van der Waals surface area contributed by atoms with Gasteiger partial charge in [0, 0.05) is 31.7 Å². The maximum Gasteiger partial charge on any atom is 0.243 e. The smallest absolute Gasteiger partial charge is 0.243 e. The number of ketones is 1. The molecule has 0 N–H and O–H groups in total. The summed E-state index contributed by atoms with van der Waals surface area (Å²) in [6, 6.07) is 6.02. The molecule has 5 nitrogen and oxygen atoms in total. The van der Waals surface area contributed by atoms with Crippen LogP contribution in [0.1, 0.15) is 37.6 Å². The van der Waals surface area contributed by atoms with Crippen molar-refractivity contribution in [3.63, 3.8) is 0 Å². The molecule has 21 heavy (non-hydrogen) atoms. The van der Waals surface area contributed by atoms with Gasteiger partial charge in [0.05, 0.1) is 11.5 Å². The Hall–Kier alpha value is -1.24. The molecule has 1 aromatic carbocycles. The lowest BCUT2D eigenvalue weighted by Gasteiger charge is -2.25. The fraction of sp³-hybridized carbons (Fsp3) is 0.533. The Morgan fingerprint density at radius 3 is 2.52 bits per heavy atom. The van der Waals surface area contributed by atoms with Crippen LogP contribution >= 0.6 is 0 Å². The summed E-state index contributed by atoms with van der Waals surface area (Å²) in [4.78, 5) is 11.9. The number of Topliss-reactive ketones (excluding diaryl/α,β-unsaturated/α-hetero) is 1. The lowest BCUT2D eigenvalue weighted by Crippen LogP contribution is -2.39. The molecule has 6 heteroatoms. The predicted molar refractivity (Wildman–Crippen MR) is 82.0 cm³/mol. The maximum atomic E-state index is 12.7. The number of hydrogen-bond acceptors (Lipinski definition) is 4. The predicted octanol–water partition coefficient (Wildman–Crippen LogP) is 2.32. The highest BCUT2D eigenvalue weighted by Gasteiger charge is 2.27. The van der Waals surface area contributed by atoms with E-state index in [4.69, 9.17) is 4.74 Å². The van der Waals surface area contributed by atoms with Gasteiger partial charge in [0.1, 0.15) is 0 Å². The van der Waals surface area contributed by atoms with Gasteiger partial charge in [0.2, 0.25) is 10.0 Å². The van der Waals surface area contributed by atoms with Crippen molar-refractivity contribution < 1.29 is 17.9 Å². The Bertz CT molecular complexity index is 581. The fourth-order valence-electron chi connectivity index (χ4n) is 2.01. The number of sulfonamides is 1. The summed E-state index contributed by atoms with van der Waals surface area (Å²) in [6.07, 6.45) is 0.348. The van der Waals surface area contributed by atoms with Gasteiger partial charge in [-0.05, 0) is 26.0 Å². The van der Waals surface area contributed by atoms with E-state index in [9.17, 15) is 13.2 Å². The summed E-state index contributed by atoms with van der Waals surface area (Å²) in [5.41, 5.74) is 0.425. The van der Waals surface area contributed by atoms with Gasteiger partial charge in [-0.1, -0.05) is 19.1 Å². The van der Waals surface area contributed by atoms with Gasteiger partial charge in [-0.25, -0.2) is 8.42 Å². The van der Waals surface area contributed by atoms with Gasteiger partial charge < -0.3 is 4.74 Å². The number of carbonyl (C=O) groups is 1. The van der Waals surface area contributed by atoms with E-state index in [1.165, 1.54) is 23.5 Å². The van der Waals surface area contributed by atoms with Crippen molar-refractivity contribution in [3.05, 3.63) is 29.8 Å². The van der Waals surface area contributed by atoms with Crippen LogP contribution in [0.2, 0.25) is 0 Å². The standard InChI is InChI=1S/C15H23NO4S/c1-5-15(17)13-7-6-8-14(11-13)21(18,19)16(12(2)3)9-10-20-4/h6-8,11-12H,5,9-10H2,1-4H3. The molecule has 0 saturated carbocycles. The Morgan fingerprint density at radius 2 is 2.00 bits per heavy atom.